The van der Waals surface area contributed by atoms with Crippen molar-refractivity contribution in [1.29, 1.82) is 0 Å². The van der Waals surface area contributed by atoms with Crippen molar-refractivity contribution in [2.45, 2.75) is 18.4 Å². The number of carbonyl (C=O) groups excluding carboxylic acids is 2. The Morgan fingerprint density at radius 3 is 2.62 bits per heavy atom. The third kappa shape index (κ3) is 2.16. The lowest BCUT2D eigenvalue weighted by atomic mass is 9.87. The first-order valence-electron chi connectivity index (χ1n) is 6.78. The van der Waals surface area contributed by atoms with Gasteiger partial charge in [0.15, 0.2) is 0 Å². The van der Waals surface area contributed by atoms with Gasteiger partial charge in [-0.3, -0.25) is 9.69 Å². The third-order valence-electron chi connectivity index (χ3n) is 4.09. The highest BCUT2D eigenvalue weighted by Gasteiger charge is 2.51. The molecule has 0 aliphatic carbocycles. The van der Waals surface area contributed by atoms with Gasteiger partial charge in [-0.2, -0.15) is 4.98 Å². The second kappa shape index (κ2) is 4.87. The van der Waals surface area contributed by atoms with Crippen molar-refractivity contribution in [3.8, 4) is 5.88 Å². The lowest BCUT2D eigenvalue weighted by molar-refractivity contribution is -0.131. The molecule has 2 saturated heterocycles. The fraction of sp³-hybridized carbons (Fsp3) is 0.538. The highest BCUT2D eigenvalue weighted by atomic mass is 16.5. The molecule has 1 N–H and O–H groups in total. The molecular formula is C13H17N5O3. The van der Waals surface area contributed by atoms with Crippen molar-refractivity contribution in [3.63, 3.8) is 0 Å². The van der Waals surface area contributed by atoms with Gasteiger partial charge in [-0.05, 0) is 12.8 Å². The molecule has 0 saturated carbocycles. The van der Waals surface area contributed by atoms with E-state index >= 15 is 0 Å². The number of carbonyl (C=O) groups is 2. The van der Waals surface area contributed by atoms with Gasteiger partial charge in [-0.25, -0.2) is 9.78 Å². The molecule has 1 aromatic rings. The summed E-state index contributed by atoms with van der Waals surface area (Å²) in [6.45, 7) is 1.21. The molecule has 2 aliphatic heterocycles. The smallest absolute Gasteiger partial charge is 0.324 e. The minimum atomic E-state index is -0.763. The van der Waals surface area contributed by atoms with Gasteiger partial charge in [0.2, 0.25) is 11.8 Å². The van der Waals surface area contributed by atoms with Crippen LogP contribution in [0.15, 0.2) is 12.3 Å². The number of imide groups is 1. The molecule has 0 radical (unpaired) electrons. The van der Waals surface area contributed by atoms with Crippen molar-refractivity contribution in [3.05, 3.63) is 12.3 Å². The SMILES string of the molecule is COc1ccnc(N2CCC3(CC2)NC(=O)N(C)C3=O)n1. The van der Waals surface area contributed by atoms with Crippen LogP contribution in [0.25, 0.3) is 0 Å². The molecule has 112 valence electrons. The van der Waals surface area contributed by atoms with Crippen molar-refractivity contribution < 1.29 is 14.3 Å². The van der Waals surface area contributed by atoms with Gasteiger partial charge in [0, 0.05) is 32.4 Å². The number of rotatable bonds is 2. The topological polar surface area (TPSA) is 87.7 Å². The van der Waals surface area contributed by atoms with Crippen LogP contribution in [0, 0.1) is 0 Å². The molecule has 2 fully saturated rings. The number of nitrogens with one attached hydrogen (secondary N) is 1. The summed E-state index contributed by atoms with van der Waals surface area (Å²) < 4.78 is 5.09. The lowest BCUT2D eigenvalue weighted by Crippen LogP contribution is -2.55. The molecule has 21 heavy (non-hydrogen) atoms. The summed E-state index contributed by atoms with van der Waals surface area (Å²) in [4.78, 5) is 35.5. The Kier molecular flexibility index (Phi) is 3.15. The van der Waals surface area contributed by atoms with Crippen LogP contribution < -0.4 is 15.0 Å². The Bertz CT molecular complexity index is 583. The molecule has 0 atom stereocenters. The standard InChI is InChI=1S/C13H17N5O3/c1-17-10(19)13(16-12(17)20)4-7-18(8-5-13)11-14-6-3-9(15-11)21-2/h3,6H,4-5,7-8H2,1-2H3,(H,16,20). The molecule has 0 bridgehead atoms. The fourth-order valence-electron chi connectivity index (χ4n) is 2.78. The van der Waals surface area contributed by atoms with Gasteiger partial charge >= 0.3 is 6.03 Å². The number of nitrogens with zero attached hydrogens (tertiary/aromatic N) is 4. The van der Waals surface area contributed by atoms with Crippen LogP contribution in [-0.2, 0) is 4.79 Å². The molecule has 8 nitrogen and oxygen atoms in total. The van der Waals surface area contributed by atoms with E-state index < -0.39 is 5.54 Å². The van der Waals surface area contributed by atoms with E-state index in [0.717, 1.165) is 4.90 Å². The summed E-state index contributed by atoms with van der Waals surface area (Å²) in [5.41, 5.74) is -0.763. The Balaban J connectivity index is 1.73. The monoisotopic (exact) mass is 291 g/mol. The predicted octanol–water partition coefficient (Wildman–Crippen LogP) is 0.00580. The largest absolute Gasteiger partial charge is 0.481 e. The van der Waals surface area contributed by atoms with Crippen molar-refractivity contribution in [2.24, 2.45) is 0 Å². The van der Waals surface area contributed by atoms with E-state index in [1.807, 2.05) is 4.90 Å². The number of piperidine rings is 1. The minimum absolute atomic E-state index is 0.154. The fourth-order valence-corrected chi connectivity index (χ4v) is 2.78. The second-order valence-electron chi connectivity index (χ2n) is 5.26. The number of urea groups is 1. The number of aromatic nitrogens is 2. The molecule has 3 heterocycles. The zero-order valence-electron chi connectivity index (χ0n) is 12.0. The zero-order valence-corrected chi connectivity index (χ0v) is 12.0. The molecule has 3 amide bonds. The molecule has 1 spiro atoms. The lowest BCUT2D eigenvalue weighted by Gasteiger charge is -2.37. The highest BCUT2D eigenvalue weighted by Crippen LogP contribution is 2.30. The van der Waals surface area contributed by atoms with E-state index in [1.165, 1.54) is 7.05 Å². The first-order chi connectivity index (χ1) is 10.1. The van der Waals surface area contributed by atoms with Gasteiger partial charge in [-0.15, -0.1) is 0 Å². The Hall–Kier alpha value is -2.38. The third-order valence-corrected chi connectivity index (χ3v) is 4.09. The zero-order chi connectivity index (χ0) is 15.0. The van der Waals surface area contributed by atoms with Crippen LogP contribution in [0.1, 0.15) is 12.8 Å². The Labute approximate surface area is 122 Å². The maximum absolute atomic E-state index is 12.2. The van der Waals surface area contributed by atoms with E-state index in [2.05, 4.69) is 15.3 Å². The molecule has 0 unspecified atom stereocenters. The number of ether oxygens (including phenoxy) is 1. The van der Waals surface area contributed by atoms with Gasteiger partial charge in [0.1, 0.15) is 5.54 Å². The molecular weight excluding hydrogens is 274 g/mol. The van der Waals surface area contributed by atoms with Gasteiger partial charge in [-0.1, -0.05) is 0 Å². The maximum atomic E-state index is 12.2. The average molecular weight is 291 g/mol. The number of amides is 3. The summed E-state index contributed by atoms with van der Waals surface area (Å²) >= 11 is 0. The number of anilines is 1. The highest BCUT2D eigenvalue weighted by molar-refractivity contribution is 6.06. The van der Waals surface area contributed by atoms with Gasteiger partial charge in [0.05, 0.1) is 7.11 Å². The minimum Gasteiger partial charge on any atom is -0.481 e. The van der Waals surface area contributed by atoms with Crippen LogP contribution in [0.5, 0.6) is 5.88 Å². The van der Waals surface area contributed by atoms with Crippen LogP contribution >= 0.6 is 0 Å². The number of hydrogen-bond donors (Lipinski definition) is 1. The van der Waals surface area contributed by atoms with E-state index in [-0.39, 0.29) is 11.9 Å². The first-order valence-corrected chi connectivity index (χ1v) is 6.78. The van der Waals surface area contributed by atoms with Crippen LogP contribution in [0.3, 0.4) is 0 Å². The average Bonchev–Trinajstić information content (AvgIpc) is 2.72. The number of likely N-dealkylation sites (N-methyl/N-ethyl adjacent to an activating group) is 1. The number of methoxy groups -OCH3 is 1. The van der Waals surface area contributed by atoms with Gasteiger partial charge in [0.25, 0.3) is 5.91 Å². The molecule has 8 heteroatoms. The Morgan fingerprint density at radius 1 is 1.33 bits per heavy atom. The molecule has 0 aromatic carbocycles. The van der Waals surface area contributed by atoms with Crippen molar-refractivity contribution >= 4 is 17.9 Å². The summed E-state index contributed by atoms with van der Waals surface area (Å²) in [7, 11) is 3.06. The van der Waals surface area contributed by atoms with Crippen LogP contribution in [-0.4, -0.2) is 59.6 Å². The summed E-state index contributed by atoms with van der Waals surface area (Å²) in [5.74, 6) is 0.929. The van der Waals surface area contributed by atoms with E-state index in [4.69, 9.17) is 4.74 Å². The quantitative estimate of drug-likeness (QED) is 0.772. The van der Waals surface area contributed by atoms with E-state index in [0.29, 0.717) is 37.8 Å². The summed E-state index contributed by atoms with van der Waals surface area (Å²) in [5, 5.41) is 2.81. The molecule has 3 rings (SSSR count). The van der Waals surface area contributed by atoms with Crippen LogP contribution in [0.2, 0.25) is 0 Å². The van der Waals surface area contributed by atoms with Gasteiger partial charge < -0.3 is 15.0 Å². The van der Waals surface area contributed by atoms with E-state index in [9.17, 15) is 9.59 Å². The van der Waals surface area contributed by atoms with Crippen molar-refractivity contribution in [1.82, 2.24) is 20.2 Å². The summed E-state index contributed by atoms with van der Waals surface area (Å²) in [6, 6.07) is 1.36. The predicted molar refractivity (Wildman–Crippen MR) is 74.1 cm³/mol. The van der Waals surface area contributed by atoms with Crippen molar-refractivity contribution in [2.75, 3.05) is 32.1 Å². The Morgan fingerprint density at radius 2 is 2.05 bits per heavy atom. The molecule has 2 aliphatic rings. The van der Waals surface area contributed by atoms with Crippen LogP contribution in [0.4, 0.5) is 10.7 Å². The van der Waals surface area contributed by atoms with E-state index in [1.54, 1.807) is 19.4 Å². The normalized spacial score (nSPS) is 20.9. The molecule has 1 aromatic heterocycles. The summed E-state index contributed by atoms with van der Waals surface area (Å²) in [6.07, 6.45) is 2.73. The second-order valence-corrected chi connectivity index (χ2v) is 5.26. The first kappa shape index (κ1) is 13.6. The number of hydrogen-bond acceptors (Lipinski definition) is 6. The maximum Gasteiger partial charge on any atom is 0.324 e.